The predicted octanol–water partition coefficient (Wildman–Crippen LogP) is -2.70. The molecule has 1 saturated heterocycles. The number of ether oxygens (including phenoxy) is 2. The van der Waals surface area contributed by atoms with Crippen LogP contribution >= 0.6 is 7.82 Å². The van der Waals surface area contributed by atoms with Crippen molar-refractivity contribution < 1.29 is 57.3 Å². The molecular formula is C13H27AsO12P-. The first-order valence-corrected chi connectivity index (χ1v) is 15.4. The van der Waals surface area contributed by atoms with Crippen LogP contribution in [0.3, 0.4) is 0 Å². The third-order valence-electron chi connectivity index (χ3n) is 3.45. The van der Waals surface area contributed by atoms with Crippen molar-refractivity contribution >= 4 is 21.3 Å². The van der Waals surface area contributed by atoms with Gasteiger partial charge >= 0.3 is 136 Å². The number of hydrogen-bond acceptors (Lipinski definition) is 12. The van der Waals surface area contributed by atoms with Gasteiger partial charge in [0.25, 0.3) is 0 Å². The van der Waals surface area contributed by atoms with E-state index in [4.69, 9.17) is 19.7 Å². The maximum absolute atomic E-state index is 11.9. The Balaban J connectivity index is 2.38. The Morgan fingerprint density at radius 1 is 1.11 bits per heavy atom. The van der Waals surface area contributed by atoms with Gasteiger partial charge in [0, 0.05) is 0 Å². The SMILES string of the molecule is C[As](C)(=O)C[C@H]1O[C@@H](OC[C@@H](O)COP(=O)([O-])OC[C@@H](O)CO)[C@H](O)[C@@H]1O. The van der Waals surface area contributed by atoms with Crippen molar-refractivity contribution in [1.82, 2.24) is 0 Å². The maximum atomic E-state index is 11.9. The van der Waals surface area contributed by atoms with Gasteiger partial charge in [-0.15, -0.1) is 0 Å². The molecule has 0 bridgehead atoms. The molecule has 0 amide bonds. The van der Waals surface area contributed by atoms with E-state index in [-0.39, 0.29) is 5.21 Å². The van der Waals surface area contributed by atoms with Gasteiger partial charge in [-0.3, -0.25) is 0 Å². The van der Waals surface area contributed by atoms with Gasteiger partial charge in [0.1, 0.15) is 6.10 Å². The molecule has 0 saturated carbocycles. The van der Waals surface area contributed by atoms with Gasteiger partial charge in [-0.05, 0) is 0 Å². The van der Waals surface area contributed by atoms with Crippen LogP contribution in [0.4, 0.5) is 0 Å². The zero-order chi connectivity index (χ0) is 20.8. The van der Waals surface area contributed by atoms with Gasteiger partial charge in [0.2, 0.25) is 0 Å². The van der Waals surface area contributed by atoms with Gasteiger partial charge in [-0.1, -0.05) is 0 Å². The number of aliphatic hydroxyl groups excluding tert-OH is 5. The van der Waals surface area contributed by atoms with Crippen LogP contribution in [-0.4, -0.2) is 102 Å². The molecule has 1 heterocycles. The molecule has 1 unspecified atom stereocenters. The van der Waals surface area contributed by atoms with E-state index in [1.54, 1.807) is 11.4 Å². The Kier molecular flexibility index (Phi) is 10.1. The summed E-state index contributed by atoms with van der Waals surface area (Å²) in [5, 5.41) is 47.2. The molecule has 1 rings (SSSR count). The summed E-state index contributed by atoms with van der Waals surface area (Å²) in [6.45, 7) is -2.61. The molecule has 0 spiro atoms. The topological polar surface area (TPSA) is 195 Å². The molecule has 5 N–H and O–H groups in total. The molecule has 12 nitrogen and oxygen atoms in total. The van der Waals surface area contributed by atoms with E-state index in [1.165, 1.54) is 0 Å². The van der Waals surface area contributed by atoms with Crippen molar-refractivity contribution in [1.29, 1.82) is 0 Å². The Hall–Kier alpha value is 0.188. The number of aliphatic hydroxyl groups is 5. The zero-order valence-corrected chi connectivity index (χ0v) is 17.8. The molecule has 1 fully saturated rings. The monoisotopic (exact) mass is 481 g/mol. The average Bonchev–Trinajstić information content (AvgIpc) is 2.82. The summed E-state index contributed by atoms with van der Waals surface area (Å²) in [6.07, 6.45) is -7.70. The summed E-state index contributed by atoms with van der Waals surface area (Å²) in [4.78, 5) is 11.4. The first-order valence-electron chi connectivity index (χ1n) is 8.09. The van der Waals surface area contributed by atoms with Gasteiger partial charge in [-0.25, -0.2) is 0 Å². The molecule has 1 aliphatic heterocycles. The summed E-state index contributed by atoms with van der Waals surface area (Å²) in [6, 6.07) is 0. The van der Waals surface area contributed by atoms with Crippen LogP contribution in [0.15, 0.2) is 0 Å². The molecule has 1 aliphatic rings. The molecule has 0 aromatic rings. The second-order valence-corrected chi connectivity index (χ2v) is 15.4. The van der Waals surface area contributed by atoms with Crippen molar-refractivity contribution in [3.05, 3.63) is 0 Å². The van der Waals surface area contributed by atoms with Gasteiger partial charge in [0.05, 0.1) is 6.61 Å². The summed E-state index contributed by atoms with van der Waals surface area (Å²) in [5.41, 5.74) is 3.14. The fourth-order valence-corrected chi connectivity index (χ4v) is 5.37. The van der Waals surface area contributed by atoms with Crippen LogP contribution in [-0.2, 0) is 26.8 Å². The Labute approximate surface area is 158 Å². The van der Waals surface area contributed by atoms with Crippen LogP contribution in [0.5, 0.6) is 0 Å². The zero-order valence-electron chi connectivity index (χ0n) is 15.0. The fourth-order valence-electron chi connectivity index (χ4n) is 2.14. The molecule has 162 valence electrons. The standard InChI is InChI=1S/C13H28AsO12P/c1-14(2,20)3-10-11(18)12(19)13(26-10)23-5-9(17)7-25-27(21,22)24-6-8(16)4-15/h8-13,15-19H,3-7H2,1-2H3,(H,21,22)/p-1/t8-,9+,10+,11+,12+,13+/m0/s1. The minimum absolute atomic E-state index is 0.0956. The quantitative estimate of drug-likeness (QED) is 0.143. The van der Waals surface area contributed by atoms with Gasteiger partial charge in [0.15, 0.2) is 0 Å². The molecule has 0 radical (unpaired) electrons. The van der Waals surface area contributed by atoms with E-state index in [0.717, 1.165) is 0 Å². The van der Waals surface area contributed by atoms with Crippen LogP contribution in [0.1, 0.15) is 0 Å². The van der Waals surface area contributed by atoms with Gasteiger partial charge < -0.3 is 10.2 Å². The Bertz CT molecular complexity index is 541. The normalized spacial score (nSPS) is 30.8. The second-order valence-electron chi connectivity index (χ2n) is 6.64. The van der Waals surface area contributed by atoms with E-state index >= 15 is 0 Å². The van der Waals surface area contributed by atoms with Crippen molar-refractivity contribution in [2.75, 3.05) is 26.4 Å². The van der Waals surface area contributed by atoms with Crippen LogP contribution in [0.2, 0.25) is 16.6 Å². The number of phosphoric ester groups is 1. The third-order valence-corrected chi connectivity index (χ3v) is 6.98. The number of hydrogen-bond donors (Lipinski definition) is 5. The van der Waals surface area contributed by atoms with Gasteiger partial charge in [-0.2, -0.15) is 0 Å². The van der Waals surface area contributed by atoms with E-state index in [9.17, 15) is 28.5 Å². The Morgan fingerprint density at radius 3 is 2.19 bits per heavy atom. The second kappa shape index (κ2) is 10.8. The average molecular weight is 481 g/mol. The summed E-state index contributed by atoms with van der Waals surface area (Å²) < 4.78 is 42.4. The predicted molar refractivity (Wildman–Crippen MR) is 88.2 cm³/mol. The van der Waals surface area contributed by atoms with Crippen molar-refractivity contribution in [3.63, 3.8) is 0 Å². The van der Waals surface area contributed by atoms with E-state index < -0.39 is 84.6 Å². The van der Waals surface area contributed by atoms with Crippen LogP contribution < -0.4 is 4.89 Å². The Morgan fingerprint density at radius 2 is 1.67 bits per heavy atom. The summed E-state index contributed by atoms with van der Waals surface area (Å²) >= 11 is -3.14. The molecular weight excluding hydrogens is 454 g/mol. The summed E-state index contributed by atoms with van der Waals surface area (Å²) in [5.74, 6) is 0. The molecule has 7 atom stereocenters. The van der Waals surface area contributed by atoms with E-state index in [0.29, 0.717) is 0 Å². The fraction of sp³-hybridized carbons (Fsp3) is 1.00. The third kappa shape index (κ3) is 9.49. The molecule has 14 heteroatoms. The summed E-state index contributed by atoms with van der Waals surface area (Å²) in [7, 11) is -4.80. The molecule has 27 heavy (non-hydrogen) atoms. The van der Waals surface area contributed by atoms with Crippen LogP contribution in [0, 0.1) is 0 Å². The van der Waals surface area contributed by atoms with Crippen molar-refractivity contribution in [2.24, 2.45) is 0 Å². The minimum atomic E-state index is -4.80. The van der Waals surface area contributed by atoms with Crippen molar-refractivity contribution in [2.45, 2.75) is 53.4 Å². The first kappa shape index (κ1) is 25.2. The molecule has 0 aliphatic carbocycles. The van der Waals surface area contributed by atoms with E-state index in [2.05, 4.69) is 9.05 Å². The first-order chi connectivity index (χ1) is 12.3. The molecule has 0 aromatic carbocycles. The van der Waals surface area contributed by atoms with Crippen molar-refractivity contribution in [3.8, 4) is 0 Å². The molecule has 0 aromatic heterocycles. The van der Waals surface area contributed by atoms with E-state index in [1.807, 2.05) is 0 Å². The number of rotatable bonds is 12. The number of phosphoric acid groups is 1. The van der Waals surface area contributed by atoms with Crippen LogP contribution in [0.25, 0.3) is 0 Å².